The number of aliphatic hydroxyl groups is 2. The summed E-state index contributed by atoms with van der Waals surface area (Å²) in [7, 11) is 1.20. The predicted octanol–water partition coefficient (Wildman–Crippen LogP) is -0.167. The Morgan fingerprint density at radius 3 is 2.84 bits per heavy atom. The number of aromatic nitrogens is 3. The van der Waals surface area contributed by atoms with Crippen LogP contribution in [0.3, 0.4) is 0 Å². The van der Waals surface area contributed by atoms with E-state index in [1.54, 1.807) is 0 Å². The van der Waals surface area contributed by atoms with Crippen molar-refractivity contribution in [3.8, 4) is 0 Å². The number of carbonyl (C=O) groups excluding carboxylic acids is 2. The summed E-state index contributed by atoms with van der Waals surface area (Å²) in [5.41, 5.74) is 0. The van der Waals surface area contributed by atoms with E-state index in [1.807, 2.05) is 0 Å². The molecule has 0 aliphatic carbocycles. The van der Waals surface area contributed by atoms with Gasteiger partial charge in [0.05, 0.1) is 13.7 Å². The maximum absolute atomic E-state index is 11.1. The fraction of sp³-hybridized carbons (Fsp3) is 0.200. The van der Waals surface area contributed by atoms with E-state index in [4.69, 9.17) is 5.11 Å². The van der Waals surface area contributed by atoms with Gasteiger partial charge in [-0.15, -0.1) is 5.10 Å². The van der Waals surface area contributed by atoms with Crippen molar-refractivity contribution >= 4 is 11.9 Å². The van der Waals surface area contributed by atoms with Gasteiger partial charge < -0.3 is 19.7 Å². The van der Waals surface area contributed by atoms with Gasteiger partial charge in [0, 0.05) is 0 Å². The molecule has 1 aliphatic heterocycles. The van der Waals surface area contributed by atoms with Crippen molar-refractivity contribution in [3.63, 3.8) is 0 Å². The molecule has 0 atom stereocenters. The second-order valence-corrected chi connectivity index (χ2v) is 3.44. The van der Waals surface area contributed by atoms with E-state index in [0.29, 0.717) is 0 Å². The molecule has 1 aromatic heterocycles. The lowest BCUT2D eigenvalue weighted by Crippen LogP contribution is -2.05. The SMILES string of the molecule is COC(=O)c1ncn(C/C=C2/OC(=O)C(O)=C2O)n1. The van der Waals surface area contributed by atoms with Gasteiger partial charge >= 0.3 is 11.9 Å². The Morgan fingerprint density at radius 1 is 1.53 bits per heavy atom. The molecular formula is C10H9N3O6. The zero-order valence-corrected chi connectivity index (χ0v) is 9.73. The van der Waals surface area contributed by atoms with Gasteiger partial charge in [-0.05, 0) is 6.08 Å². The standard InChI is InChI=1S/C10H9N3O6/c1-18-10(17)8-11-4-13(12-8)3-2-5-6(14)7(15)9(16)19-5/h2,4,14-15H,3H2,1H3/b5-2+. The van der Waals surface area contributed by atoms with Crippen LogP contribution >= 0.6 is 0 Å². The molecular weight excluding hydrogens is 258 g/mol. The van der Waals surface area contributed by atoms with Gasteiger partial charge in [0.2, 0.25) is 11.5 Å². The quantitative estimate of drug-likeness (QED) is 0.723. The van der Waals surface area contributed by atoms with Crippen LogP contribution in [-0.2, 0) is 20.8 Å². The molecule has 0 aromatic carbocycles. The molecule has 9 nitrogen and oxygen atoms in total. The van der Waals surface area contributed by atoms with Crippen LogP contribution in [0.4, 0.5) is 0 Å². The number of carbonyl (C=O) groups is 2. The summed E-state index contributed by atoms with van der Waals surface area (Å²) in [6, 6.07) is 0. The number of hydrogen-bond donors (Lipinski definition) is 2. The van der Waals surface area contributed by atoms with Crippen molar-refractivity contribution in [3.05, 3.63) is 35.5 Å². The molecule has 0 radical (unpaired) electrons. The van der Waals surface area contributed by atoms with Crippen LogP contribution in [0.1, 0.15) is 10.6 Å². The highest BCUT2D eigenvalue weighted by Crippen LogP contribution is 2.21. The highest BCUT2D eigenvalue weighted by Gasteiger charge is 2.29. The van der Waals surface area contributed by atoms with Gasteiger partial charge in [-0.3, -0.25) is 0 Å². The van der Waals surface area contributed by atoms with Crippen LogP contribution in [0, 0.1) is 0 Å². The Labute approximate surface area is 106 Å². The normalized spacial score (nSPS) is 16.9. The first-order valence-electron chi connectivity index (χ1n) is 5.05. The van der Waals surface area contributed by atoms with Gasteiger partial charge in [-0.2, -0.15) is 0 Å². The van der Waals surface area contributed by atoms with Crippen LogP contribution in [-0.4, -0.2) is 44.0 Å². The summed E-state index contributed by atoms with van der Waals surface area (Å²) in [4.78, 5) is 25.7. The minimum atomic E-state index is -1.03. The van der Waals surface area contributed by atoms with Crippen molar-refractivity contribution in [1.82, 2.24) is 14.8 Å². The van der Waals surface area contributed by atoms with E-state index in [0.717, 1.165) is 0 Å². The number of rotatable bonds is 3. The second-order valence-electron chi connectivity index (χ2n) is 3.44. The molecule has 2 rings (SSSR count). The van der Waals surface area contributed by atoms with E-state index in [-0.39, 0.29) is 18.1 Å². The van der Waals surface area contributed by atoms with Crippen LogP contribution in [0.2, 0.25) is 0 Å². The number of cyclic esters (lactones) is 1. The molecule has 1 aromatic rings. The van der Waals surface area contributed by atoms with Crippen molar-refractivity contribution in [2.75, 3.05) is 7.11 Å². The molecule has 19 heavy (non-hydrogen) atoms. The van der Waals surface area contributed by atoms with Gasteiger partial charge in [0.1, 0.15) is 6.33 Å². The average Bonchev–Trinajstić information content (AvgIpc) is 2.97. The molecule has 100 valence electrons. The maximum atomic E-state index is 11.1. The molecule has 0 saturated carbocycles. The summed E-state index contributed by atoms with van der Waals surface area (Å²) in [6.07, 6.45) is 2.56. The lowest BCUT2D eigenvalue weighted by atomic mass is 10.3. The lowest BCUT2D eigenvalue weighted by molar-refractivity contribution is -0.135. The highest BCUT2D eigenvalue weighted by atomic mass is 16.6. The van der Waals surface area contributed by atoms with E-state index in [2.05, 4.69) is 19.6 Å². The van der Waals surface area contributed by atoms with Crippen molar-refractivity contribution in [1.29, 1.82) is 0 Å². The molecule has 2 N–H and O–H groups in total. The first-order valence-corrected chi connectivity index (χ1v) is 5.05. The van der Waals surface area contributed by atoms with Gasteiger partial charge in [0.15, 0.2) is 5.76 Å². The largest absolute Gasteiger partial charge is 0.502 e. The molecule has 0 saturated heterocycles. The lowest BCUT2D eigenvalue weighted by Gasteiger charge is -1.98. The molecule has 0 amide bonds. The van der Waals surface area contributed by atoms with Crippen molar-refractivity contribution in [2.24, 2.45) is 0 Å². The average molecular weight is 267 g/mol. The van der Waals surface area contributed by atoms with E-state index < -0.39 is 23.5 Å². The van der Waals surface area contributed by atoms with Crippen LogP contribution < -0.4 is 0 Å². The summed E-state index contributed by atoms with van der Waals surface area (Å²) < 4.78 is 10.3. The number of esters is 2. The van der Waals surface area contributed by atoms with Gasteiger partial charge in [0.25, 0.3) is 5.82 Å². The van der Waals surface area contributed by atoms with Gasteiger partial charge in [-0.1, -0.05) is 0 Å². The Balaban J connectivity index is 2.09. The van der Waals surface area contributed by atoms with E-state index in [1.165, 1.54) is 24.2 Å². The molecule has 0 fully saturated rings. The molecule has 9 heteroatoms. The Kier molecular flexibility index (Phi) is 3.19. The van der Waals surface area contributed by atoms with Crippen LogP contribution in [0.5, 0.6) is 0 Å². The number of methoxy groups -OCH3 is 1. The monoisotopic (exact) mass is 267 g/mol. The zero-order valence-electron chi connectivity index (χ0n) is 9.73. The minimum absolute atomic E-state index is 0.0734. The number of hydrogen-bond acceptors (Lipinski definition) is 8. The third-order valence-corrected chi connectivity index (χ3v) is 2.22. The predicted molar refractivity (Wildman–Crippen MR) is 57.8 cm³/mol. The Bertz CT molecular complexity index is 600. The number of ether oxygens (including phenoxy) is 2. The Hall–Kier alpha value is -2.84. The number of nitrogens with zero attached hydrogens (tertiary/aromatic N) is 3. The minimum Gasteiger partial charge on any atom is -0.502 e. The summed E-state index contributed by atoms with van der Waals surface area (Å²) in [5.74, 6) is -3.50. The van der Waals surface area contributed by atoms with Crippen LogP contribution in [0.15, 0.2) is 29.7 Å². The zero-order chi connectivity index (χ0) is 14.0. The van der Waals surface area contributed by atoms with Crippen LogP contribution in [0.25, 0.3) is 0 Å². The molecule has 0 bridgehead atoms. The van der Waals surface area contributed by atoms with E-state index >= 15 is 0 Å². The fourth-order valence-electron chi connectivity index (χ4n) is 1.29. The topological polar surface area (TPSA) is 124 Å². The molecule has 1 aliphatic rings. The summed E-state index contributed by atoms with van der Waals surface area (Å²) in [5, 5.41) is 22.2. The molecule has 0 unspecified atom stereocenters. The van der Waals surface area contributed by atoms with Crippen molar-refractivity contribution in [2.45, 2.75) is 6.54 Å². The first kappa shape index (κ1) is 12.6. The fourth-order valence-corrected chi connectivity index (χ4v) is 1.29. The van der Waals surface area contributed by atoms with Crippen molar-refractivity contribution < 1.29 is 29.3 Å². The summed E-state index contributed by atoms with van der Waals surface area (Å²) in [6.45, 7) is 0.0734. The first-order chi connectivity index (χ1) is 9.02. The third-order valence-electron chi connectivity index (χ3n) is 2.22. The van der Waals surface area contributed by atoms with Gasteiger partial charge in [-0.25, -0.2) is 19.3 Å². The smallest absolute Gasteiger partial charge is 0.383 e. The van der Waals surface area contributed by atoms with E-state index in [9.17, 15) is 14.7 Å². The highest BCUT2D eigenvalue weighted by molar-refractivity contribution is 5.91. The molecule has 2 heterocycles. The second kappa shape index (κ2) is 4.80. The third kappa shape index (κ3) is 2.39. The number of aliphatic hydroxyl groups excluding tert-OH is 2. The molecule has 0 spiro atoms. The summed E-state index contributed by atoms with van der Waals surface area (Å²) >= 11 is 0. The Morgan fingerprint density at radius 2 is 2.26 bits per heavy atom. The number of allylic oxidation sites excluding steroid dienone is 1. The maximum Gasteiger partial charge on any atom is 0.383 e.